The Kier molecular flexibility index (Phi) is 7.87. The molecule has 0 fully saturated rings. The number of hydrogen-bond donors (Lipinski definition) is 1. The summed E-state index contributed by atoms with van der Waals surface area (Å²) in [5.74, 6) is -0.466. The lowest BCUT2D eigenvalue weighted by Gasteiger charge is -2.08. The first-order chi connectivity index (χ1) is 12.8. The van der Waals surface area contributed by atoms with Gasteiger partial charge in [0.2, 0.25) is 11.8 Å². The Morgan fingerprint density at radius 1 is 1.15 bits per heavy atom. The minimum absolute atomic E-state index is 0.0568. The number of benzene rings is 1. The summed E-state index contributed by atoms with van der Waals surface area (Å²) in [6.07, 6.45) is 4.45. The molecule has 0 saturated heterocycles. The molecule has 2 rings (SSSR count). The van der Waals surface area contributed by atoms with Gasteiger partial charge in [-0.1, -0.05) is 43.0 Å². The molecule has 1 aromatic heterocycles. The highest BCUT2D eigenvalue weighted by molar-refractivity contribution is 6.36. The summed E-state index contributed by atoms with van der Waals surface area (Å²) in [6.45, 7) is 6.00. The van der Waals surface area contributed by atoms with Gasteiger partial charge in [-0.25, -0.2) is 4.68 Å². The fourth-order valence-electron chi connectivity index (χ4n) is 2.96. The number of rotatable bonds is 8. The molecule has 0 aliphatic heterocycles. The summed E-state index contributed by atoms with van der Waals surface area (Å²) in [6, 6.07) is 4.83. The maximum atomic E-state index is 12.5. The summed E-state index contributed by atoms with van der Waals surface area (Å²) in [5.41, 5.74) is 3.36. The van der Waals surface area contributed by atoms with E-state index in [2.05, 4.69) is 17.3 Å². The molecule has 1 N–H and O–H groups in total. The average Bonchev–Trinajstić information content (AvgIpc) is 2.90. The van der Waals surface area contributed by atoms with Gasteiger partial charge in [0.05, 0.1) is 16.4 Å². The largest absolute Gasteiger partial charge is 0.325 e. The first kappa shape index (κ1) is 21.5. The van der Waals surface area contributed by atoms with Gasteiger partial charge in [0.15, 0.2) is 0 Å². The van der Waals surface area contributed by atoms with Crippen LogP contribution in [0.4, 0.5) is 5.69 Å². The summed E-state index contributed by atoms with van der Waals surface area (Å²) in [7, 11) is 0. The third-order valence-corrected chi connectivity index (χ3v) is 5.03. The summed E-state index contributed by atoms with van der Waals surface area (Å²) < 4.78 is 1.43. The summed E-state index contributed by atoms with van der Waals surface area (Å²) >= 11 is 11.9. The van der Waals surface area contributed by atoms with Crippen LogP contribution in [0.1, 0.15) is 60.8 Å². The van der Waals surface area contributed by atoms with E-state index in [4.69, 9.17) is 23.2 Å². The Morgan fingerprint density at radius 3 is 2.56 bits per heavy atom. The number of nitrogens with zero attached hydrogens (tertiary/aromatic N) is 2. The maximum Gasteiger partial charge on any atom is 0.247 e. The third-order valence-electron chi connectivity index (χ3n) is 4.48. The van der Waals surface area contributed by atoms with Gasteiger partial charge in [0.25, 0.3) is 0 Å². The number of aryl methyl sites for hydroxylation is 1. The Balaban J connectivity index is 1.95. The van der Waals surface area contributed by atoms with Crippen molar-refractivity contribution in [1.29, 1.82) is 0 Å². The highest BCUT2D eigenvalue weighted by Gasteiger charge is 2.17. The van der Waals surface area contributed by atoms with Gasteiger partial charge in [-0.15, -0.1) is 0 Å². The van der Waals surface area contributed by atoms with Gasteiger partial charge in [-0.2, -0.15) is 5.10 Å². The van der Waals surface area contributed by atoms with Crippen LogP contribution in [0.25, 0.3) is 0 Å². The van der Waals surface area contributed by atoms with Gasteiger partial charge >= 0.3 is 0 Å². The molecule has 146 valence electrons. The van der Waals surface area contributed by atoms with Gasteiger partial charge < -0.3 is 5.32 Å². The van der Waals surface area contributed by atoms with E-state index >= 15 is 0 Å². The van der Waals surface area contributed by atoms with E-state index in [1.54, 1.807) is 18.2 Å². The van der Waals surface area contributed by atoms with Crippen molar-refractivity contribution in [1.82, 2.24) is 9.78 Å². The molecule has 2 aromatic rings. The first-order valence-electron chi connectivity index (χ1n) is 9.16. The van der Waals surface area contributed by atoms with Gasteiger partial charge in [-0.3, -0.25) is 9.59 Å². The predicted octanol–water partition coefficient (Wildman–Crippen LogP) is 5.60. The minimum Gasteiger partial charge on any atom is -0.325 e. The number of halogens is 2. The van der Waals surface area contributed by atoms with Crippen molar-refractivity contribution in [3.8, 4) is 0 Å². The molecule has 1 heterocycles. The predicted molar refractivity (Wildman–Crippen MR) is 110 cm³/mol. The van der Waals surface area contributed by atoms with E-state index < -0.39 is 0 Å². The molecular weight excluding hydrogens is 385 g/mol. The van der Waals surface area contributed by atoms with Gasteiger partial charge in [0, 0.05) is 23.6 Å². The molecule has 0 aliphatic carbocycles. The molecule has 0 atom stereocenters. The quantitative estimate of drug-likeness (QED) is 0.577. The molecule has 5 nitrogen and oxygen atoms in total. The average molecular weight is 410 g/mol. The number of unbranched alkanes of at least 4 members (excludes halogenated alkanes) is 2. The van der Waals surface area contributed by atoms with Crippen LogP contribution < -0.4 is 5.32 Å². The van der Waals surface area contributed by atoms with E-state index in [0.29, 0.717) is 15.7 Å². The lowest BCUT2D eigenvalue weighted by atomic mass is 10.1. The first-order valence-corrected chi connectivity index (χ1v) is 9.92. The second kappa shape index (κ2) is 9.90. The van der Waals surface area contributed by atoms with Crippen LogP contribution in [0, 0.1) is 13.8 Å². The molecular formula is C20H25Cl2N3O2. The Morgan fingerprint density at radius 2 is 1.89 bits per heavy atom. The van der Waals surface area contributed by atoms with Crippen LogP contribution in [-0.2, 0) is 11.2 Å². The number of aromatic nitrogens is 2. The number of anilines is 1. The molecule has 0 spiro atoms. The molecule has 1 aromatic carbocycles. The van der Waals surface area contributed by atoms with Crippen molar-refractivity contribution in [2.75, 3.05) is 5.32 Å². The van der Waals surface area contributed by atoms with Crippen molar-refractivity contribution in [2.24, 2.45) is 0 Å². The number of nitrogens with one attached hydrogen (secondary N) is 1. The molecule has 0 unspecified atom stereocenters. The Bertz CT molecular complexity index is 831. The van der Waals surface area contributed by atoms with E-state index in [-0.39, 0.29) is 24.7 Å². The second-order valence-electron chi connectivity index (χ2n) is 6.58. The van der Waals surface area contributed by atoms with Crippen LogP contribution in [0.15, 0.2) is 18.2 Å². The Hall–Kier alpha value is -1.85. The van der Waals surface area contributed by atoms with Crippen molar-refractivity contribution >= 4 is 40.7 Å². The highest BCUT2D eigenvalue weighted by Crippen LogP contribution is 2.25. The van der Waals surface area contributed by atoms with Crippen molar-refractivity contribution in [2.45, 2.75) is 59.3 Å². The van der Waals surface area contributed by atoms with Crippen molar-refractivity contribution in [3.63, 3.8) is 0 Å². The van der Waals surface area contributed by atoms with Crippen LogP contribution >= 0.6 is 23.2 Å². The van der Waals surface area contributed by atoms with Crippen LogP contribution in [0.2, 0.25) is 10.0 Å². The van der Waals surface area contributed by atoms with E-state index in [1.807, 2.05) is 13.8 Å². The van der Waals surface area contributed by atoms with Gasteiger partial charge in [-0.05, 0) is 50.5 Å². The summed E-state index contributed by atoms with van der Waals surface area (Å²) in [4.78, 5) is 24.6. The lowest BCUT2D eigenvalue weighted by Crippen LogP contribution is -2.18. The number of carbonyl (C=O) groups excluding carboxylic acids is 2. The molecule has 7 heteroatoms. The van der Waals surface area contributed by atoms with E-state index in [0.717, 1.165) is 42.6 Å². The zero-order valence-electron chi connectivity index (χ0n) is 15.9. The molecule has 0 bridgehead atoms. The normalized spacial score (nSPS) is 10.9. The number of carbonyl (C=O) groups is 2. The number of amides is 1. The monoisotopic (exact) mass is 409 g/mol. The fraction of sp³-hybridized carbons (Fsp3) is 0.450. The van der Waals surface area contributed by atoms with Crippen LogP contribution in [-0.4, -0.2) is 21.6 Å². The third kappa shape index (κ3) is 5.81. The SMILES string of the molecule is CCCCCc1c(C)nn(C(=O)CCC(=O)Nc2ccc(Cl)cc2Cl)c1C. The zero-order chi connectivity index (χ0) is 20.0. The lowest BCUT2D eigenvalue weighted by molar-refractivity contribution is -0.116. The standard InChI is InChI=1S/C20H25Cl2N3O2/c1-4-5-6-7-16-13(2)24-25(14(16)3)20(27)11-10-19(26)23-18-9-8-15(21)12-17(18)22/h8-9,12H,4-7,10-11H2,1-3H3,(H,23,26). The van der Waals surface area contributed by atoms with Crippen molar-refractivity contribution in [3.05, 3.63) is 45.2 Å². The molecule has 1 amide bonds. The maximum absolute atomic E-state index is 12.5. The van der Waals surface area contributed by atoms with Gasteiger partial charge in [0.1, 0.15) is 0 Å². The molecule has 27 heavy (non-hydrogen) atoms. The van der Waals surface area contributed by atoms with Crippen LogP contribution in [0.5, 0.6) is 0 Å². The second-order valence-corrected chi connectivity index (χ2v) is 7.43. The zero-order valence-corrected chi connectivity index (χ0v) is 17.5. The van der Waals surface area contributed by atoms with Crippen molar-refractivity contribution < 1.29 is 9.59 Å². The molecule has 0 aliphatic rings. The fourth-order valence-corrected chi connectivity index (χ4v) is 3.42. The minimum atomic E-state index is -0.280. The molecule has 0 radical (unpaired) electrons. The van der Waals surface area contributed by atoms with Crippen LogP contribution in [0.3, 0.4) is 0 Å². The highest BCUT2D eigenvalue weighted by atomic mass is 35.5. The number of hydrogen-bond acceptors (Lipinski definition) is 3. The topological polar surface area (TPSA) is 64.0 Å². The van der Waals surface area contributed by atoms with E-state index in [1.165, 1.54) is 4.68 Å². The molecule has 0 saturated carbocycles. The summed E-state index contributed by atoms with van der Waals surface area (Å²) in [5, 5.41) is 7.92. The Labute approximate surface area is 170 Å². The van der Waals surface area contributed by atoms with E-state index in [9.17, 15) is 9.59 Å². The smallest absolute Gasteiger partial charge is 0.247 e.